The first kappa shape index (κ1) is 29.7. The molecule has 9 nitrogen and oxygen atoms in total. The summed E-state index contributed by atoms with van der Waals surface area (Å²) in [5.41, 5.74) is 4.25. The van der Waals surface area contributed by atoms with Gasteiger partial charge in [-0.2, -0.15) is 0 Å². The number of quaternary nitrogens is 1. The van der Waals surface area contributed by atoms with Gasteiger partial charge in [0.25, 0.3) is 0 Å². The van der Waals surface area contributed by atoms with Crippen molar-refractivity contribution >= 4 is 23.1 Å². The molecule has 0 aliphatic heterocycles. The SMILES string of the molecule is COc1ccc(-c2cnc3c(Nc4ccc(C(=O)N(C)CCOCC[I-][N+](C)(C)C)c(C)c4)nccn23)cc1F. The third-order valence-electron chi connectivity index (χ3n) is 6.18. The summed E-state index contributed by atoms with van der Waals surface area (Å²) in [6.45, 7) is 3.71. The van der Waals surface area contributed by atoms with Gasteiger partial charge in [-0.05, 0) is 18.2 Å². The van der Waals surface area contributed by atoms with Crippen LogP contribution in [0.1, 0.15) is 15.9 Å². The minimum absolute atomic E-state index is 0.0451. The van der Waals surface area contributed by atoms with E-state index < -0.39 is 5.82 Å². The second-order valence-corrected chi connectivity index (χ2v) is 14.8. The van der Waals surface area contributed by atoms with Crippen LogP contribution in [0.5, 0.6) is 5.75 Å². The van der Waals surface area contributed by atoms with Gasteiger partial charge in [-0.3, -0.25) is 4.40 Å². The number of methoxy groups -OCH3 is 1. The number of aromatic nitrogens is 3. The minimum Gasteiger partial charge on any atom is -0.295 e. The molecule has 11 heteroatoms. The number of nitrogens with zero attached hydrogens (tertiary/aromatic N) is 5. The predicted molar refractivity (Wildman–Crippen MR) is 150 cm³/mol. The van der Waals surface area contributed by atoms with Crippen LogP contribution in [0, 0.1) is 12.7 Å². The van der Waals surface area contributed by atoms with Crippen molar-refractivity contribution in [2.45, 2.75) is 6.92 Å². The number of imidazole rings is 1. The van der Waals surface area contributed by atoms with E-state index in [1.807, 2.05) is 29.5 Å². The van der Waals surface area contributed by atoms with Crippen LogP contribution in [0.15, 0.2) is 55.0 Å². The molecule has 0 atom stereocenters. The maximum atomic E-state index is 14.3. The number of rotatable bonds is 12. The first-order chi connectivity index (χ1) is 19.1. The fourth-order valence-electron chi connectivity index (χ4n) is 4.12. The Hall–Kier alpha value is -3.29. The first-order valence-electron chi connectivity index (χ1n) is 12.9. The largest absolute Gasteiger partial charge is 0.295 e. The Morgan fingerprint density at radius 1 is 1.15 bits per heavy atom. The van der Waals surface area contributed by atoms with Gasteiger partial charge in [0.15, 0.2) is 23.0 Å². The van der Waals surface area contributed by atoms with Crippen molar-refractivity contribution < 1.29 is 42.8 Å². The van der Waals surface area contributed by atoms with Crippen molar-refractivity contribution in [3.8, 4) is 17.0 Å². The van der Waals surface area contributed by atoms with Crippen LogP contribution >= 0.6 is 0 Å². The Kier molecular flexibility index (Phi) is 9.59. The summed E-state index contributed by atoms with van der Waals surface area (Å²) < 4.78 is 29.1. The van der Waals surface area contributed by atoms with Gasteiger partial charge in [0.2, 0.25) is 0 Å². The molecule has 1 N–H and O–H groups in total. The number of hydrogen-bond acceptors (Lipinski definition) is 6. The smallest absolute Gasteiger partial charge is 0.165 e. The second kappa shape index (κ2) is 12.9. The number of alkyl halides is 1. The monoisotopic (exact) mass is 662 g/mol. The van der Waals surface area contributed by atoms with Crippen LogP contribution < -0.4 is 31.5 Å². The number of fused-ring (bicyclic) bond motifs is 1. The molecule has 4 rings (SSSR count). The van der Waals surface area contributed by atoms with Crippen LogP contribution in [0.2, 0.25) is 0 Å². The average Bonchev–Trinajstić information content (AvgIpc) is 3.35. The third-order valence-corrected chi connectivity index (χ3v) is 9.15. The minimum atomic E-state index is -0.442. The molecule has 2 aromatic carbocycles. The van der Waals surface area contributed by atoms with Crippen molar-refractivity contribution in [1.82, 2.24) is 19.3 Å². The number of halogens is 2. The molecule has 2 aromatic heterocycles. The number of carbonyl (C=O) groups excluding carboxylic acids is 1. The van der Waals surface area contributed by atoms with E-state index in [2.05, 4.69) is 36.4 Å². The van der Waals surface area contributed by atoms with E-state index in [0.717, 1.165) is 30.7 Å². The molecule has 0 radical (unpaired) electrons. The quantitative estimate of drug-likeness (QED) is 0.107. The number of likely N-dealkylation sites (N-methyl/N-ethyl adjacent to an activating group) is 1. The zero-order valence-corrected chi connectivity index (χ0v) is 25.9. The normalized spacial score (nSPS) is 11.7. The molecule has 0 saturated heterocycles. The van der Waals surface area contributed by atoms with E-state index in [1.54, 1.807) is 42.7 Å². The molecule has 0 fully saturated rings. The molecule has 0 aliphatic carbocycles. The average molecular weight is 663 g/mol. The molecule has 2 heterocycles. The molecule has 0 bridgehead atoms. The van der Waals surface area contributed by atoms with Crippen molar-refractivity contribution in [3.05, 3.63) is 71.9 Å². The first-order valence-corrected chi connectivity index (χ1v) is 15.4. The molecule has 4 aromatic rings. The number of aryl methyl sites for hydroxylation is 1. The number of anilines is 2. The van der Waals surface area contributed by atoms with Gasteiger partial charge in [-0.15, -0.1) is 0 Å². The van der Waals surface area contributed by atoms with E-state index in [1.165, 1.54) is 13.2 Å². The summed E-state index contributed by atoms with van der Waals surface area (Å²) in [4.78, 5) is 23.7. The van der Waals surface area contributed by atoms with Crippen LogP contribution in [0.4, 0.5) is 15.9 Å². The Balaban J connectivity index is 1.41. The van der Waals surface area contributed by atoms with Gasteiger partial charge in [0.05, 0.1) is 19.0 Å². The van der Waals surface area contributed by atoms with Crippen molar-refractivity contribution in [1.29, 1.82) is 0 Å². The van der Waals surface area contributed by atoms with Crippen LogP contribution in [-0.2, 0) is 4.74 Å². The molecule has 0 saturated carbocycles. The van der Waals surface area contributed by atoms with Gasteiger partial charge in [-0.1, -0.05) is 0 Å². The molecule has 0 aliphatic rings. The van der Waals surface area contributed by atoms with Crippen LogP contribution in [0.3, 0.4) is 0 Å². The topological polar surface area (TPSA) is 81.0 Å². The Labute approximate surface area is 245 Å². The standard InChI is InChI=1S/C29H36FIN6O3/c1-20-17-22(8-9-23(20)29(38)35(2)14-16-40-15-11-31-37(3,4)5)34-27-28-33-19-25(36(28)13-12-32-27)21-7-10-26(39-6)24(30)18-21/h7-10,12-13,17-19H,11,14-16H2,1-6H3,(H,32,34). The number of hydrogen-bond donors (Lipinski definition) is 1. The molecule has 0 spiro atoms. The second-order valence-electron chi connectivity index (χ2n) is 10.1. The predicted octanol–water partition coefficient (Wildman–Crippen LogP) is 1.39. The number of nitrogens with one attached hydrogen (secondary N) is 1. The molecule has 0 unspecified atom stereocenters. The molecule has 40 heavy (non-hydrogen) atoms. The number of amides is 1. The maximum absolute atomic E-state index is 14.3. The van der Waals surface area contributed by atoms with Gasteiger partial charge in [0, 0.05) is 18.0 Å². The fraction of sp³-hybridized carbons (Fsp3) is 0.345. The zero-order valence-electron chi connectivity index (χ0n) is 23.7. The summed E-state index contributed by atoms with van der Waals surface area (Å²) in [7, 11) is 9.86. The van der Waals surface area contributed by atoms with Gasteiger partial charge < -0.3 is 4.74 Å². The van der Waals surface area contributed by atoms with Gasteiger partial charge in [-0.25, -0.2) is 14.4 Å². The number of ether oxygens (including phenoxy) is 2. The zero-order chi connectivity index (χ0) is 28.9. The molecule has 214 valence electrons. The number of benzene rings is 2. The fourth-order valence-corrected chi connectivity index (χ4v) is 6.07. The van der Waals surface area contributed by atoms with Gasteiger partial charge in [0.1, 0.15) is 0 Å². The Bertz CT molecular complexity index is 1490. The number of carbonyl (C=O) groups is 1. The van der Waals surface area contributed by atoms with E-state index in [4.69, 9.17) is 9.47 Å². The summed E-state index contributed by atoms with van der Waals surface area (Å²) in [6.07, 6.45) is 5.12. The van der Waals surface area contributed by atoms with Crippen molar-refractivity contribution in [3.63, 3.8) is 0 Å². The van der Waals surface area contributed by atoms with E-state index in [0.29, 0.717) is 35.7 Å². The van der Waals surface area contributed by atoms with Crippen molar-refractivity contribution in [2.75, 3.05) is 64.8 Å². The maximum Gasteiger partial charge on any atom is 0.165 e. The van der Waals surface area contributed by atoms with E-state index in [9.17, 15) is 9.18 Å². The molecular formula is C29H36FIN6O3. The van der Waals surface area contributed by atoms with Crippen LogP contribution in [0.25, 0.3) is 16.9 Å². The van der Waals surface area contributed by atoms with E-state index >= 15 is 0 Å². The summed E-state index contributed by atoms with van der Waals surface area (Å²) in [5.74, 6) is 0.243. The van der Waals surface area contributed by atoms with E-state index in [-0.39, 0.29) is 33.1 Å². The molecule has 1 amide bonds. The third kappa shape index (κ3) is 7.26. The molecular weight excluding hydrogens is 626 g/mol. The summed E-state index contributed by atoms with van der Waals surface area (Å²) >= 11 is 0.0470. The van der Waals surface area contributed by atoms with Crippen molar-refractivity contribution in [2.24, 2.45) is 0 Å². The summed E-state index contributed by atoms with van der Waals surface area (Å²) in [6, 6.07) is 10.4. The Morgan fingerprint density at radius 2 is 1.95 bits per heavy atom. The van der Waals surface area contributed by atoms with Crippen LogP contribution in [-0.4, -0.2) is 87.4 Å². The van der Waals surface area contributed by atoms with Gasteiger partial charge >= 0.3 is 144 Å². The Morgan fingerprint density at radius 3 is 2.65 bits per heavy atom. The summed E-state index contributed by atoms with van der Waals surface area (Å²) in [5, 5.41) is 3.31.